The highest BCUT2D eigenvalue weighted by Crippen LogP contribution is 2.38. The van der Waals surface area contributed by atoms with Crippen molar-refractivity contribution in [1.82, 2.24) is 10.3 Å². The molecule has 2 heterocycles. The molecule has 0 spiro atoms. The van der Waals surface area contributed by atoms with Crippen molar-refractivity contribution in [2.24, 2.45) is 0 Å². The van der Waals surface area contributed by atoms with E-state index in [1.54, 1.807) is 32.9 Å². The standard InChI is InChI=1S/C21H29BN2O6/c1-19(2,3)28-17(25)23-12-14(22-29-20(4,5)21(6,7)30-22)10-13-8-9-15-16(11-13)27-18(26)24-15/h8-11H,12H2,1-7H3,(H,23,25)(H,24,26). The van der Waals surface area contributed by atoms with Crippen LogP contribution in [0.2, 0.25) is 0 Å². The molecule has 0 radical (unpaired) electrons. The van der Waals surface area contributed by atoms with E-state index in [0.717, 1.165) is 5.56 Å². The summed E-state index contributed by atoms with van der Waals surface area (Å²) in [5.74, 6) is -0.510. The van der Waals surface area contributed by atoms with E-state index in [1.165, 1.54) is 0 Å². The third-order valence-electron chi connectivity index (χ3n) is 5.19. The second-order valence-corrected chi connectivity index (χ2v) is 9.43. The van der Waals surface area contributed by atoms with Gasteiger partial charge in [0.25, 0.3) is 0 Å². The van der Waals surface area contributed by atoms with Gasteiger partial charge in [-0.05, 0) is 71.6 Å². The molecule has 9 heteroatoms. The first-order valence-electron chi connectivity index (χ1n) is 9.92. The summed E-state index contributed by atoms with van der Waals surface area (Å²) < 4.78 is 22.8. The number of aromatic amines is 1. The van der Waals surface area contributed by atoms with Crippen molar-refractivity contribution in [2.45, 2.75) is 65.3 Å². The summed E-state index contributed by atoms with van der Waals surface area (Å²) >= 11 is 0. The van der Waals surface area contributed by atoms with E-state index in [2.05, 4.69) is 10.3 Å². The summed E-state index contributed by atoms with van der Waals surface area (Å²) in [6.07, 6.45) is 1.32. The molecule has 8 nitrogen and oxygen atoms in total. The van der Waals surface area contributed by atoms with Crippen molar-refractivity contribution in [3.05, 3.63) is 39.8 Å². The number of fused-ring (bicyclic) bond motifs is 1. The van der Waals surface area contributed by atoms with Crippen molar-refractivity contribution >= 4 is 30.4 Å². The van der Waals surface area contributed by atoms with Crippen molar-refractivity contribution in [3.8, 4) is 0 Å². The zero-order valence-corrected chi connectivity index (χ0v) is 18.5. The van der Waals surface area contributed by atoms with Crippen LogP contribution in [0, 0.1) is 0 Å². The number of H-pyrrole nitrogens is 1. The quantitative estimate of drug-likeness (QED) is 0.738. The predicted molar refractivity (Wildman–Crippen MR) is 115 cm³/mol. The Morgan fingerprint density at radius 1 is 1.20 bits per heavy atom. The highest BCUT2D eigenvalue weighted by molar-refractivity contribution is 6.56. The molecule has 162 valence electrons. The van der Waals surface area contributed by atoms with Gasteiger partial charge in [0.15, 0.2) is 5.58 Å². The van der Waals surface area contributed by atoms with E-state index in [9.17, 15) is 9.59 Å². The highest BCUT2D eigenvalue weighted by atomic mass is 16.7. The van der Waals surface area contributed by atoms with Crippen LogP contribution in [-0.4, -0.2) is 41.5 Å². The monoisotopic (exact) mass is 416 g/mol. The second kappa shape index (κ2) is 7.63. The van der Waals surface area contributed by atoms with Crippen LogP contribution in [0.5, 0.6) is 0 Å². The van der Waals surface area contributed by atoms with Gasteiger partial charge in [-0.25, -0.2) is 9.59 Å². The van der Waals surface area contributed by atoms with E-state index < -0.39 is 35.8 Å². The average molecular weight is 416 g/mol. The number of amides is 1. The molecule has 2 aromatic rings. The van der Waals surface area contributed by atoms with Gasteiger partial charge >= 0.3 is 19.0 Å². The number of alkyl carbamates (subject to hydrolysis) is 1. The smallest absolute Gasteiger partial charge is 0.444 e. The van der Waals surface area contributed by atoms with E-state index in [1.807, 2.05) is 39.8 Å². The molecule has 1 amide bonds. The average Bonchev–Trinajstić information content (AvgIpc) is 3.04. The van der Waals surface area contributed by atoms with Crippen LogP contribution in [0.25, 0.3) is 17.2 Å². The van der Waals surface area contributed by atoms with Gasteiger partial charge in [-0.15, -0.1) is 0 Å². The predicted octanol–water partition coefficient (Wildman–Crippen LogP) is 3.66. The normalized spacial score (nSPS) is 18.6. The summed E-state index contributed by atoms with van der Waals surface area (Å²) in [7, 11) is -0.654. The zero-order valence-electron chi connectivity index (χ0n) is 18.5. The molecule has 1 aromatic carbocycles. The maximum Gasteiger partial charge on any atom is 0.492 e. The molecular weight excluding hydrogens is 387 g/mol. The fourth-order valence-electron chi connectivity index (χ4n) is 2.95. The summed E-state index contributed by atoms with van der Waals surface area (Å²) in [6, 6.07) is 5.34. The SMILES string of the molecule is CC(C)(C)OC(=O)NCC(=Cc1ccc2[nH]c(=O)oc2c1)B1OC(C)(C)C(C)(C)O1. The summed E-state index contributed by atoms with van der Waals surface area (Å²) in [4.78, 5) is 26.2. The largest absolute Gasteiger partial charge is 0.492 e. The van der Waals surface area contributed by atoms with Gasteiger partial charge in [0, 0.05) is 6.54 Å². The first-order chi connectivity index (χ1) is 13.8. The van der Waals surface area contributed by atoms with Crippen LogP contribution in [0.1, 0.15) is 54.0 Å². The Morgan fingerprint density at radius 2 is 1.83 bits per heavy atom. The maximum absolute atomic E-state index is 12.2. The van der Waals surface area contributed by atoms with Crippen LogP contribution in [0.15, 0.2) is 32.9 Å². The molecule has 3 rings (SSSR count). The first-order valence-corrected chi connectivity index (χ1v) is 9.92. The Bertz CT molecular complexity index is 1010. The van der Waals surface area contributed by atoms with Crippen LogP contribution < -0.4 is 11.1 Å². The van der Waals surface area contributed by atoms with Crippen LogP contribution in [-0.2, 0) is 14.0 Å². The lowest BCUT2D eigenvalue weighted by Crippen LogP contribution is -2.41. The number of rotatable bonds is 4. The topological polar surface area (TPSA) is 103 Å². The minimum absolute atomic E-state index is 0.168. The zero-order chi connectivity index (χ0) is 22.3. The molecule has 1 aromatic heterocycles. The van der Waals surface area contributed by atoms with Crippen molar-refractivity contribution in [1.29, 1.82) is 0 Å². The number of benzene rings is 1. The molecule has 0 aliphatic carbocycles. The number of carbonyl (C=O) groups excluding carboxylic acids is 1. The Kier molecular flexibility index (Phi) is 5.64. The van der Waals surface area contributed by atoms with Gasteiger partial charge < -0.3 is 23.8 Å². The number of oxazole rings is 1. The van der Waals surface area contributed by atoms with Gasteiger partial charge in [-0.1, -0.05) is 12.1 Å². The molecule has 2 N–H and O–H groups in total. The fourth-order valence-corrected chi connectivity index (χ4v) is 2.95. The molecule has 1 aliphatic heterocycles. The van der Waals surface area contributed by atoms with E-state index in [-0.39, 0.29) is 6.54 Å². The third-order valence-corrected chi connectivity index (χ3v) is 5.19. The van der Waals surface area contributed by atoms with E-state index >= 15 is 0 Å². The van der Waals surface area contributed by atoms with Crippen molar-refractivity contribution < 1.29 is 23.3 Å². The van der Waals surface area contributed by atoms with Gasteiger partial charge in [-0.3, -0.25) is 4.98 Å². The van der Waals surface area contributed by atoms with Crippen LogP contribution in [0.3, 0.4) is 0 Å². The Labute approximate surface area is 176 Å². The van der Waals surface area contributed by atoms with Gasteiger partial charge in [0.1, 0.15) is 5.60 Å². The minimum atomic E-state index is -0.654. The number of hydrogen-bond donors (Lipinski definition) is 2. The molecule has 1 fully saturated rings. The molecular formula is C21H29BN2O6. The second-order valence-electron chi connectivity index (χ2n) is 9.43. The number of hydrogen-bond acceptors (Lipinski definition) is 6. The number of nitrogens with one attached hydrogen (secondary N) is 2. The Hall–Kier alpha value is -2.52. The number of aromatic nitrogens is 1. The van der Waals surface area contributed by atoms with Crippen LogP contribution >= 0.6 is 0 Å². The summed E-state index contributed by atoms with van der Waals surface area (Å²) in [5, 5.41) is 2.76. The molecule has 0 atom stereocenters. The maximum atomic E-state index is 12.2. The van der Waals surface area contributed by atoms with Crippen LogP contribution in [0.4, 0.5) is 4.79 Å². The molecule has 0 saturated carbocycles. The molecule has 1 saturated heterocycles. The minimum Gasteiger partial charge on any atom is -0.444 e. The lowest BCUT2D eigenvalue weighted by Gasteiger charge is -2.32. The van der Waals surface area contributed by atoms with Gasteiger partial charge in [0.2, 0.25) is 0 Å². The van der Waals surface area contributed by atoms with E-state index in [0.29, 0.717) is 16.6 Å². The highest BCUT2D eigenvalue weighted by Gasteiger charge is 2.52. The van der Waals surface area contributed by atoms with Gasteiger partial charge in [0.05, 0.1) is 16.7 Å². The Morgan fingerprint density at radius 3 is 2.43 bits per heavy atom. The summed E-state index contributed by atoms with van der Waals surface area (Å²) in [5.41, 5.74) is 0.885. The molecule has 0 unspecified atom stereocenters. The van der Waals surface area contributed by atoms with E-state index in [4.69, 9.17) is 18.5 Å². The number of ether oxygens (including phenoxy) is 1. The number of carbonyl (C=O) groups is 1. The first kappa shape index (κ1) is 22.2. The summed E-state index contributed by atoms with van der Waals surface area (Å²) in [6.45, 7) is 13.4. The third kappa shape index (κ3) is 4.96. The van der Waals surface area contributed by atoms with Crippen molar-refractivity contribution in [3.63, 3.8) is 0 Å². The molecule has 30 heavy (non-hydrogen) atoms. The van der Waals surface area contributed by atoms with Crippen molar-refractivity contribution in [2.75, 3.05) is 6.54 Å². The lowest BCUT2D eigenvalue weighted by molar-refractivity contribution is 0.00578. The Balaban J connectivity index is 1.89. The van der Waals surface area contributed by atoms with Gasteiger partial charge in [-0.2, -0.15) is 0 Å². The fraction of sp³-hybridized carbons (Fsp3) is 0.524. The lowest BCUT2D eigenvalue weighted by atomic mass is 9.77. The molecule has 1 aliphatic rings. The molecule has 0 bridgehead atoms.